The van der Waals surface area contributed by atoms with E-state index in [2.05, 4.69) is 90.6 Å². The quantitative estimate of drug-likeness (QED) is 0.270. The molecule has 2 aromatic carbocycles. The van der Waals surface area contributed by atoms with Crippen LogP contribution in [0.15, 0.2) is 67.0 Å². The number of imidazole rings is 1. The second-order valence-electron chi connectivity index (χ2n) is 11.1. The van der Waals surface area contributed by atoms with Gasteiger partial charge in [0.25, 0.3) is 0 Å². The lowest BCUT2D eigenvalue weighted by Crippen LogP contribution is -2.40. The maximum absolute atomic E-state index is 4.97. The molecule has 8 heteroatoms. The molecular weight excluding hydrogens is 484 g/mol. The number of benzene rings is 2. The Morgan fingerprint density at radius 3 is 2.23 bits per heavy atom. The Bertz CT molecular complexity index is 1300. The first-order valence-electron chi connectivity index (χ1n) is 14.3. The van der Waals surface area contributed by atoms with Crippen LogP contribution in [0, 0.1) is 0 Å². The van der Waals surface area contributed by atoms with Gasteiger partial charge in [0, 0.05) is 56.5 Å². The van der Waals surface area contributed by atoms with E-state index in [4.69, 9.17) is 15.0 Å². The second-order valence-corrected chi connectivity index (χ2v) is 11.1. The third kappa shape index (κ3) is 6.75. The van der Waals surface area contributed by atoms with Crippen molar-refractivity contribution in [2.45, 2.75) is 65.2 Å². The summed E-state index contributed by atoms with van der Waals surface area (Å²) in [6.45, 7) is 13.8. The van der Waals surface area contributed by atoms with Crippen LogP contribution in [0.3, 0.4) is 0 Å². The van der Waals surface area contributed by atoms with Crippen LogP contribution < -0.4 is 10.6 Å². The van der Waals surface area contributed by atoms with E-state index in [1.807, 2.05) is 29.1 Å². The number of hydrogen-bond acceptors (Lipinski definition) is 7. The lowest BCUT2D eigenvalue weighted by molar-refractivity contribution is 0.182. The van der Waals surface area contributed by atoms with Gasteiger partial charge in [-0.2, -0.15) is 9.97 Å². The highest BCUT2D eigenvalue weighted by Crippen LogP contribution is 2.25. The summed E-state index contributed by atoms with van der Waals surface area (Å²) in [6, 6.07) is 22.3. The molecule has 0 spiro atoms. The summed E-state index contributed by atoms with van der Waals surface area (Å²) in [7, 11) is 0. The molecule has 0 unspecified atom stereocenters. The van der Waals surface area contributed by atoms with E-state index in [1.165, 1.54) is 5.56 Å². The molecule has 0 bridgehead atoms. The Morgan fingerprint density at radius 1 is 0.897 bits per heavy atom. The van der Waals surface area contributed by atoms with Crippen LogP contribution in [0.5, 0.6) is 0 Å². The molecule has 2 N–H and O–H groups in total. The molecule has 3 heterocycles. The highest BCUT2D eigenvalue weighted by Gasteiger charge is 2.22. The summed E-state index contributed by atoms with van der Waals surface area (Å²) < 4.78 is 2.05. The predicted octanol–water partition coefficient (Wildman–Crippen LogP) is 5.42. The highest BCUT2D eigenvalue weighted by molar-refractivity contribution is 5.85. The molecular formula is C31H42N8. The summed E-state index contributed by atoms with van der Waals surface area (Å²) in [5.41, 5.74) is 4.02. The maximum Gasteiger partial charge on any atom is 0.227 e. The van der Waals surface area contributed by atoms with Crippen LogP contribution in [0.4, 0.5) is 11.8 Å². The van der Waals surface area contributed by atoms with E-state index in [1.54, 1.807) is 0 Å². The topological polar surface area (TPSA) is 74.1 Å². The van der Waals surface area contributed by atoms with Gasteiger partial charge in [-0.05, 0) is 58.2 Å². The molecule has 39 heavy (non-hydrogen) atoms. The smallest absolute Gasteiger partial charge is 0.227 e. The first kappa shape index (κ1) is 27.1. The molecule has 2 aromatic heterocycles. The molecule has 0 atom stereocenters. The van der Waals surface area contributed by atoms with E-state index >= 15 is 0 Å². The van der Waals surface area contributed by atoms with E-state index in [9.17, 15) is 0 Å². The van der Waals surface area contributed by atoms with Gasteiger partial charge < -0.3 is 10.6 Å². The second kappa shape index (κ2) is 12.6. The van der Waals surface area contributed by atoms with Crippen LogP contribution in [0.25, 0.3) is 16.9 Å². The molecule has 5 rings (SSSR count). The van der Waals surface area contributed by atoms with Crippen LogP contribution in [0.2, 0.25) is 0 Å². The fourth-order valence-electron chi connectivity index (χ4n) is 5.54. The molecule has 1 aliphatic rings. The van der Waals surface area contributed by atoms with Gasteiger partial charge in [0.2, 0.25) is 5.95 Å². The molecule has 0 aliphatic carbocycles. The monoisotopic (exact) mass is 526 g/mol. The van der Waals surface area contributed by atoms with E-state index in [0.29, 0.717) is 24.1 Å². The number of piperidine rings is 1. The number of aromatic nitrogens is 4. The molecule has 1 saturated heterocycles. The Labute approximate surface area is 232 Å². The molecule has 0 amide bonds. The van der Waals surface area contributed by atoms with Crippen molar-refractivity contribution >= 4 is 22.9 Å². The molecule has 4 aromatic rings. The Hall–Kier alpha value is -3.49. The number of nitrogens with one attached hydrogen (secondary N) is 2. The van der Waals surface area contributed by atoms with Crippen molar-refractivity contribution in [3.05, 3.63) is 72.6 Å². The minimum absolute atomic E-state index is 0.341. The Kier molecular flexibility index (Phi) is 8.74. The van der Waals surface area contributed by atoms with Crippen LogP contribution in [-0.4, -0.2) is 73.6 Å². The maximum atomic E-state index is 4.97. The first-order valence-corrected chi connectivity index (χ1v) is 14.3. The number of anilines is 2. The fourth-order valence-corrected chi connectivity index (χ4v) is 5.54. The van der Waals surface area contributed by atoms with Crippen molar-refractivity contribution in [1.82, 2.24) is 29.3 Å². The number of nitrogens with zero attached hydrogens (tertiary/aromatic N) is 6. The van der Waals surface area contributed by atoms with Crippen molar-refractivity contribution < 1.29 is 0 Å². The van der Waals surface area contributed by atoms with Gasteiger partial charge in [0.05, 0.1) is 0 Å². The van der Waals surface area contributed by atoms with Crippen molar-refractivity contribution in [3.8, 4) is 5.69 Å². The summed E-state index contributed by atoms with van der Waals surface area (Å²) >= 11 is 0. The third-order valence-electron chi connectivity index (χ3n) is 7.59. The summed E-state index contributed by atoms with van der Waals surface area (Å²) in [6.07, 6.45) is 3.97. The van der Waals surface area contributed by atoms with Gasteiger partial charge in [-0.3, -0.25) is 14.4 Å². The van der Waals surface area contributed by atoms with E-state index < -0.39 is 0 Å². The lowest BCUT2D eigenvalue weighted by Gasteiger charge is -2.32. The molecule has 1 fully saturated rings. The van der Waals surface area contributed by atoms with Gasteiger partial charge in [0.1, 0.15) is 6.33 Å². The van der Waals surface area contributed by atoms with Gasteiger partial charge in [0.15, 0.2) is 17.0 Å². The third-order valence-corrected chi connectivity index (χ3v) is 7.59. The minimum atomic E-state index is 0.341. The Morgan fingerprint density at radius 2 is 1.56 bits per heavy atom. The van der Waals surface area contributed by atoms with E-state index in [-0.39, 0.29) is 0 Å². The molecule has 8 nitrogen and oxygen atoms in total. The number of rotatable bonds is 11. The van der Waals surface area contributed by atoms with Crippen LogP contribution in [0.1, 0.15) is 46.1 Å². The standard InChI is InChI=1S/C31H42N8/c1-23(2)38(24(3)4)20-17-32-29-28-30(39(22-33-28)27-13-9-6-10-14-27)36-31(35-29)34-26-15-18-37(19-16-26)21-25-11-7-5-8-12-25/h5-14,22-24,26H,15-21H2,1-4H3,(H2,32,34,35,36). The number of fused-ring (bicyclic) bond motifs is 1. The Balaban J connectivity index is 1.33. The number of para-hydroxylation sites is 1. The molecule has 1 aliphatic heterocycles. The lowest BCUT2D eigenvalue weighted by atomic mass is 10.0. The highest BCUT2D eigenvalue weighted by atomic mass is 15.2. The fraction of sp³-hybridized carbons (Fsp3) is 0.452. The van der Waals surface area contributed by atoms with Crippen molar-refractivity contribution in [2.75, 3.05) is 36.8 Å². The predicted molar refractivity (Wildman–Crippen MR) is 160 cm³/mol. The number of likely N-dealkylation sites (tertiary alicyclic amines) is 1. The zero-order valence-electron chi connectivity index (χ0n) is 23.7. The molecule has 206 valence electrons. The average molecular weight is 527 g/mol. The van der Waals surface area contributed by atoms with Gasteiger partial charge in [-0.25, -0.2) is 4.98 Å². The largest absolute Gasteiger partial charge is 0.367 e. The minimum Gasteiger partial charge on any atom is -0.367 e. The molecule has 0 radical (unpaired) electrons. The summed E-state index contributed by atoms with van der Waals surface area (Å²) in [5.74, 6) is 1.44. The van der Waals surface area contributed by atoms with Gasteiger partial charge >= 0.3 is 0 Å². The average Bonchev–Trinajstić information content (AvgIpc) is 3.37. The molecule has 0 saturated carbocycles. The normalized spacial score (nSPS) is 15.1. The zero-order chi connectivity index (χ0) is 27.2. The zero-order valence-corrected chi connectivity index (χ0v) is 23.7. The van der Waals surface area contributed by atoms with E-state index in [0.717, 1.165) is 68.2 Å². The SMILES string of the molecule is CC(C)N(CCNc1nc(NC2CCN(Cc3ccccc3)CC2)nc2c1ncn2-c1ccccc1)C(C)C. The summed E-state index contributed by atoms with van der Waals surface area (Å²) in [4.78, 5) is 19.6. The van der Waals surface area contributed by atoms with Crippen LogP contribution in [-0.2, 0) is 6.54 Å². The first-order chi connectivity index (χ1) is 19.0. The number of hydrogen-bond donors (Lipinski definition) is 2. The van der Waals surface area contributed by atoms with Crippen molar-refractivity contribution in [1.29, 1.82) is 0 Å². The van der Waals surface area contributed by atoms with Crippen LogP contribution >= 0.6 is 0 Å². The van der Waals surface area contributed by atoms with Gasteiger partial charge in [-0.1, -0.05) is 48.5 Å². The van der Waals surface area contributed by atoms with Gasteiger partial charge in [-0.15, -0.1) is 0 Å². The van der Waals surface area contributed by atoms with Crippen molar-refractivity contribution in [3.63, 3.8) is 0 Å². The summed E-state index contributed by atoms with van der Waals surface area (Å²) in [5, 5.41) is 7.25. The van der Waals surface area contributed by atoms with Crippen molar-refractivity contribution in [2.24, 2.45) is 0 Å².